The Hall–Kier alpha value is -1.53. The number of rotatable bonds is 9. The maximum absolute atomic E-state index is 11.8. The summed E-state index contributed by atoms with van der Waals surface area (Å²) in [5.74, 6) is 0.784. The van der Waals surface area contributed by atoms with Crippen molar-refractivity contribution in [3.63, 3.8) is 0 Å². The Kier molecular flexibility index (Phi) is 8.62. The third kappa shape index (κ3) is 8.69. The van der Waals surface area contributed by atoms with Crippen LogP contribution in [0.3, 0.4) is 0 Å². The van der Waals surface area contributed by atoms with Gasteiger partial charge in [0, 0.05) is 23.2 Å². The van der Waals surface area contributed by atoms with Crippen LogP contribution in [-0.4, -0.2) is 50.3 Å². The summed E-state index contributed by atoms with van der Waals surface area (Å²) in [7, 11) is 1.85. The summed E-state index contributed by atoms with van der Waals surface area (Å²) in [6, 6.07) is 10.2. The van der Waals surface area contributed by atoms with Crippen molar-refractivity contribution in [2.24, 2.45) is 0 Å². The van der Waals surface area contributed by atoms with E-state index in [4.69, 9.17) is 0 Å². The predicted octanol–water partition coefficient (Wildman–Crippen LogP) is -0.0658. The van der Waals surface area contributed by atoms with Crippen LogP contribution in [0.2, 0.25) is 0 Å². The maximum atomic E-state index is 11.8. The number of quaternary nitrogens is 1. The SMILES string of the molecule is CC(C)NC(=O)C[NH+](C)CC(=O)NCCSc1ccccc1. The van der Waals surface area contributed by atoms with E-state index in [2.05, 4.69) is 22.8 Å². The zero-order chi connectivity index (χ0) is 16.4. The van der Waals surface area contributed by atoms with Crippen molar-refractivity contribution in [2.45, 2.75) is 24.8 Å². The molecule has 0 aromatic heterocycles. The van der Waals surface area contributed by atoms with Gasteiger partial charge in [-0.25, -0.2) is 0 Å². The lowest BCUT2D eigenvalue weighted by Crippen LogP contribution is -3.11. The number of nitrogens with one attached hydrogen (secondary N) is 3. The van der Waals surface area contributed by atoms with Gasteiger partial charge in [0.2, 0.25) is 0 Å². The van der Waals surface area contributed by atoms with E-state index in [9.17, 15) is 9.59 Å². The van der Waals surface area contributed by atoms with Gasteiger partial charge in [0.15, 0.2) is 13.1 Å². The van der Waals surface area contributed by atoms with Gasteiger partial charge in [-0.1, -0.05) is 18.2 Å². The molecule has 0 aliphatic carbocycles. The Labute approximate surface area is 136 Å². The molecule has 0 radical (unpaired) electrons. The van der Waals surface area contributed by atoms with Crippen LogP contribution in [0.25, 0.3) is 0 Å². The zero-order valence-electron chi connectivity index (χ0n) is 13.5. The predicted molar refractivity (Wildman–Crippen MR) is 90.1 cm³/mol. The minimum atomic E-state index is -0.0278. The van der Waals surface area contributed by atoms with Gasteiger partial charge in [-0.15, -0.1) is 11.8 Å². The minimum Gasteiger partial charge on any atom is -0.350 e. The highest BCUT2D eigenvalue weighted by atomic mass is 32.2. The molecule has 1 aromatic rings. The maximum Gasteiger partial charge on any atom is 0.275 e. The molecule has 0 aliphatic heterocycles. The fraction of sp³-hybridized carbons (Fsp3) is 0.500. The number of hydrogen-bond donors (Lipinski definition) is 3. The fourth-order valence-electron chi connectivity index (χ4n) is 1.92. The van der Waals surface area contributed by atoms with Gasteiger partial charge in [-0.3, -0.25) is 9.59 Å². The summed E-state index contributed by atoms with van der Waals surface area (Å²) >= 11 is 1.71. The molecule has 1 atom stereocenters. The highest BCUT2D eigenvalue weighted by Gasteiger charge is 2.14. The number of thioether (sulfide) groups is 1. The number of amides is 2. The molecule has 0 heterocycles. The monoisotopic (exact) mass is 324 g/mol. The van der Waals surface area contributed by atoms with Crippen LogP contribution in [-0.2, 0) is 9.59 Å². The quantitative estimate of drug-likeness (QED) is 0.440. The van der Waals surface area contributed by atoms with E-state index in [1.54, 1.807) is 11.8 Å². The first-order chi connectivity index (χ1) is 10.5. The molecule has 0 fully saturated rings. The van der Waals surface area contributed by atoms with Crippen LogP contribution in [0, 0.1) is 0 Å². The van der Waals surface area contributed by atoms with E-state index < -0.39 is 0 Å². The minimum absolute atomic E-state index is 0.0245. The summed E-state index contributed by atoms with van der Waals surface area (Å²) in [5, 5.41) is 5.71. The van der Waals surface area contributed by atoms with Gasteiger partial charge in [0.1, 0.15) is 0 Å². The van der Waals surface area contributed by atoms with Crippen molar-refractivity contribution in [3.05, 3.63) is 30.3 Å². The lowest BCUT2D eigenvalue weighted by atomic mass is 10.4. The number of carbonyl (C=O) groups is 2. The Morgan fingerprint density at radius 2 is 1.77 bits per heavy atom. The highest BCUT2D eigenvalue weighted by Crippen LogP contribution is 2.15. The molecule has 5 nitrogen and oxygen atoms in total. The fourth-order valence-corrected chi connectivity index (χ4v) is 2.71. The number of likely N-dealkylation sites (N-methyl/N-ethyl adjacent to an activating group) is 1. The Morgan fingerprint density at radius 1 is 1.14 bits per heavy atom. The van der Waals surface area contributed by atoms with Gasteiger partial charge in [-0.05, 0) is 26.0 Å². The highest BCUT2D eigenvalue weighted by molar-refractivity contribution is 7.99. The van der Waals surface area contributed by atoms with E-state index >= 15 is 0 Å². The van der Waals surface area contributed by atoms with Gasteiger partial charge in [0.05, 0.1) is 7.05 Å². The molecule has 1 rings (SSSR count). The largest absolute Gasteiger partial charge is 0.350 e. The molecule has 0 bridgehead atoms. The molecule has 2 amide bonds. The molecular weight excluding hydrogens is 298 g/mol. The molecule has 3 N–H and O–H groups in total. The number of benzene rings is 1. The number of hydrogen-bond acceptors (Lipinski definition) is 3. The van der Waals surface area contributed by atoms with Gasteiger partial charge in [-0.2, -0.15) is 0 Å². The van der Waals surface area contributed by atoms with E-state index in [0.29, 0.717) is 19.6 Å². The Bertz CT molecular complexity index is 466. The normalized spacial score (nSPS) is 12.0. The van der Waals surface area contributed by atoms with Crippen molar-refractivity contribution < 1.29 is 14.5 Å². The van der Waals surface area contributed by atoms with E-state index in [1.165, 1.54) is 4.90 Å². The molecule has 0 saturated heterocycles. The third-order valence-corrected chi connectivity index (χ3v) is 3.82. The first-order valence-electron chi connectivity index (χ1n) is 7.52. The summed E-state index contributed by atoms with van der Waals surface area (Å²) in [4.78, 5) is 25.5. The molecule has 0 spiro atoms. The summed E-state index contributed by atoms with van der Waals surface area (Å²) in [6.45, 7) is 5.09. The molecule has 122 valence electrons. The van der Waals surface area contributed by atoms with Crippen LogP contribution in [0.1, 0.15) is 13.8 Å². The first kappa shape index (κ1) is 18.5. The third-order valence-electron chi connectivity index (χ3n) is 2.81. The van der Waals surface area contributed by atoms with E-state index in [0.717, 1.165) is 10.7 Å². The second-order valence-electron chi connectivity index (χ2n) is 5.54. The second-order valence-corrected chi connectivity index (χ2v) is 6.71. The van der Waals surface area contributed by atoms with E-state index in [1.807, 2.05) is 39.1 Å². The van der Waals surface area contributed by atoms with Crippen LogP contribution in [0.15, 0.2) is 35.2 Å². The summed E-state index contributed by atoms with van der Waals surface area (Å²) < 4.78 is 0. The molecule has 0 saturated carbocycles. The van der Waals surface area contributed by atoms with Crippen LogP contribution in [0.4, 0.5) is 0 Å². The first-order valence-corrected chi connectivity index (χ1v) is 8.51. The molecule has 1 unspecified atom stereocenters. The second kappa shape index (κ2) is 10.2. The van der Waals surface area contributed by atoms with E-state index in [-0.39, 0.29) is 17.9 Å². The lowest BCUT2D eigenvalue weighted by molar-refractivity contribution is -0.862. The Morgan fingerprint density at radius 3 is 2.41 bits per heavy atom. The van der Waals surface area contributed by atoms with Crippen LogP contribution >= 0.6 is 11.8 Å². The standard InChI is InChI=1S/C16H25N3O2S/c1-13(2)18-16(21)12-19(3)11-15(20)17-9-10-22-14-7-5-4-6-8-14/h4-8,13H,9-12H2,1-3H3,(H,17,20)(H,18,21)/p+1. The molecule has 0 aliphatic rings. The zero-order valence-corrected chi connectivity index (χ0v) is 14.3. The average molecular weight is 324 g/mol. The van der Waals surface area contributed by atoms with Crippen LogP contribution in [0.5, 0.6) is 0 Å². The van der Waals surface area contributed by atoms with Gasteiger partial charge >= 0.3 is 0 Å². The average Bonchev–Trinajstić information content (AvgIpc) is 2.43. The Balaban J connectivity index is 2.13. The van der Waals surface area contributed by atoms with Crippen molar-refractivity contribution >= 4 is 23.6 Å². The van der Waals surface area contributed by atoms with Crippen molar-refractivity contribution in [1.82, 2.24) is 10.6 Å². The smallest absolute Gasteiger partial charge is 0.275 e. The lowest BCUT2D eigenvalue weighted by Gasteiger charge is -2.14. The molecular formula is C16H26N3O2S+. The molecule has 6 heteroatoms. The summed E-state index contributed by atoms with van der Waals surface area (Å²) in [5.41, 5.74) is 0. The summed E-state index contributed by atoms with van der Waals surface area (Å²) in [6.07, 6.45) is 0. The topological polar surface area (TPSA) is 62.6 Å². The molecule has 1 aromatic carbocycles. The number of carbonyl (C=O) groups excluding carboxylic acids is 2. The van der Waals surface area contributed by atoms with Gasteiger partial charge < -0.3 is 15.5 Å². The molecule has 22 heavy (non-hydrogen) atoms. The van der Waals surface area contributed by atoms with Crippen molar-refractivity contribution in [3.8, 4) is 0 Å². The van der Waals surface area contributed by atoms with Crippen molar-refractivity contribution in [1.29, 1.82) is 0 Å². The van der Waals surface area contributed by atoms with Crippen molar-refractivity contribution in [2.75, 3.05) is 32.4 Å². The van der Waals surface area contributed by atoms with Gasteiger partial charge in [0.25, 0.3) is 11.8 Å². The van der Waals surface area contributed by atoms with Crippen LogP contribution < -0.4 is 15.5 Å².